The monoisotopic (exact) mass is 297 g/mol. The fourth-order valence-corrected chi connectivity index (χ4v) is 3.55. The van der Waals surface area contributed by atoms with Crippen LogP contribution in [0.15, 0.2) is 0 Å². The standard InChI is InChI=1S/C15H27N3O3/c1-17-9-5-12(6-10-17)18(2)14(21)16-15(11-13(19)20)7-3-4-8-15/h12H,3-11H2,1-2H3,(H,16,21)(H,19,20). The van der Waals surface area contributed by atoms with Crippen LogP contribution in [0.5, 0.6) is 0 Å². The minimum atomic E-state index is -0.834. The van der Waals surface area contributed by atoms with E-state index in [1.54, 1.807) is 4.90 Å². The first-order valence-corrected chi connectivity index (χ1v) is 7.87. The molecule has 0 spiro atoms. The van der Waals surface area contributed by atoms with Gasteiger partial charge in [-0.3, -0.25) is 4.79 Å². The van der Waals surface area contributed by atoms with E-state index in [1.807, 2.05) is 7.05 Å². The van der Waals surface area contributed by atoms with Gasteiger partial charge in [0.1, 0.15) is 0 Å². The highest BCUT2D eigenvalue weighted by Crippen LogP contribution is 2.33. The van der Waals surface area contributed by atoms with Crippen LogP contribution >= 0.6 is 0 Å². The van der Waals surface area contributed by atoms with Crippen molar-refractivity contribution in [2.24, 2.45) is 0 Å². The number of urea groups is 1. The molecule has 0 unspecified atom stereocenters. The number of amides is 2. The van der Waals surface area contributed by atoms with E-state index in [-0.39, 0.29) is 18.5 Å². The van der Waals surface area contributed by atoms with Gasteiger partial charge in [-0.1, -0.05) is 12.8 Å². The molecule has 2 fully saturated rings. The summed E-state index contributed by atoms with van der Waals surface area (Å²) in [7, 11) is 3.92. The quantitative estimate of drug-likeness (QED) is 0.825. The zero-order chi connectivity index (χ0) is 15.5. The Bertz CT molecular complexity index is 386. The first-order valence-electron chi connectivity index (χ1n) is 7.87. The van der Waals surface area contributed by atoms with Crippen molar-refractivity contribution in [3.05, 3.63) is 0 Å². The number of carbonyl (C=O) groups is 2. The normalized spacial score (nSPS) is 23.0. The summed E-state index contributed by atoms with van der Waals surface area (Å²) < 4.78 is 0. The Morgan fingerprint density at radius 2 is 1.86 bits per heavy atom. The Labute approximate surface area is 126 Å². The van der Waals surface area contributed by atoms with Crippen molar-refractivity contribution in [1.29, 1.82) is 0 Å². The predicted molar refractivity (Wildman–Crippen MR) is 80.3 cm³/mol. The minimum Gasteiger partial charge on any atom is -0.481 e. The summed E-state index contributed by atoms with van der Waals surface area (Å²) in [6, 6.07) is 0.136. The summed E-state index contributed by atoms with van der Waals surface area (Å²) in [6.45, 7) is 2.01. The summed E-state index contributed by atoms with van der Waals surface area (Å²) >= 11 is 0. The van der Waals surface area contributed by atoms with Crippen molar-refractivity contribution in [2.45, 2.75) is 56.5 Å². The maximum atomic E-state index is 12.5. The van der Waals surface area contributed by atoms with Gasteiger partial charge < -0.3 is 20.2 Å². The summed E-state index contributed by atoms with van der Waals surface area (Å²) in [5.41, 5.74) is -0.539. The summed E-state index contributed by atoms with van der Waals surface area (Å²) in [4.78, 5) is 27.6. The van der Waals surface area contributed by atoms with Crippen LogP contribution < -0.4 is 5.32 Å². The Hall–Kier alpha value is -1.30. The SMILES string of the molecule is CN1CCC(N(C)C(=O)NC2(CC(=O)O)CCCC2)CC1. The molecule has 2 aliphatic rings. The molecule has 2 rings (SSSR count). The van der Waals surface area contributed by atoms with Crippen molar-refractivity contribution < 1.29 is 14.7 Å². The molecule has 1 aliphatic heterocycles. The summed E-state index contributed by atoms with van der Waals surface area (Å²) in [6.07, 6.45) is 5.51. The van der Waals surface area contributed by atoms with Crippen molar-refractivity contribution in [2.75, 3.05) is 27.2 Å². The van der Waals surface area contributed by atoms with E-state index in [9.17, 15) is 9.59 Å². The second-order valence-electron chi connectivity index (χ2n) is 6.63. The molecular weight excluding hydrogens is 270 g/mol. The van der Waals surface area contributed by atoms with Gasteiger partial charge in [-0.15, -0.1) is 0 Å². The molecule has 120 valence electrons. The molecule has 1 aliphatic carbocycles. The average molecular weight is 297 g/mol. The second-order valence-corrected chi connectivity index (χ2v) is 6.63. The van der Waals surface area contributed by atoms with E-state index < -0.39 is 11.5 Å². The fourth-order valence-electron chi connectivity index (χ4n) is 3.55. The molecule has 1 saturated carbocycles. The molecule has 0 radical (unpaired) electrons. The Morgan fingerprint density at radius 1 is 1.29 bits per heavy atom. The van der Waals surface area contributed by atoms with E-state index >= 15 is 0 Å². The molecular formula is C15H27N3O3. The number of hydrogen-bond acceptors (Lipinski definition) is 3. The van der Waals surface area contributed by atoms with Crippen molar-refractivity contribution in [3.8, 4) is 0 Å². The van der Waals surface area contributed by atoms with Gasteiger partial charge in [0.25, 0.3) is 0 Å². The van der Waals surface area contributed by atoms with E-state index in [0.717, 1.165) is 51.6 Å². The van der Waals surface area contributed by atoms with Crippen LogP contribution in [0.25, 0.3) is 0 Å². The Kier molecular flexibility index (Phi) is 5.08. The van der Waals surface area contributed by atoms with Gasteiger partial charge in [0.2, 0.25) is 0 Å². The van der Waals surface area contributed by atoms with Crippen LogP contribution in [-0.2, 0) is 4.79 Å². The van der Waals surface area contributed by atoms with Gasteiger partial charge in [-0.25, -0.2) is 4.79 Å². The maximum absolute atomic E-state index is 12.5. The number of hydrogen-bond donors (Lipinski definition) is 2. The van der Waals surface area contributed by atoms with Crippen LogP contribution in [-0.4, -0.2) is 65.7 Å². The lowest BCUT2D eigenvalue weighted by molar-refractivity contribution is -0.138. The number of piperidine rings is 1. The van der Waals surface area contributed by atoms with E-state index in [2.05, 4.69) is 17.3 Å². The van der Waals surface area contributed by atoms with Crippen LogP contribution in [0.2, 0.25) is 0 Å². The smallest absolute Gasteiger partial charge is 0.317 e. The number of rotatable bonds is 4. The molecule has 0 bridgehead atoms. The number of carboxylic acids is 1. The first-order chi connectivity index (χ1) is 9.92. The lowest BCUT2D eigenvalue weighted by Gasteiger charge is -2.37. The Morgan fingerprint density at radius 3 is 2.38 bits per heavy atom. The van der Waals surface area contributed by atoms with Gasteiger partial charge in [0.15, 0.2) is 0 Å². The molecule has 0 aromatic rings. The number of likely N-dealkylation sites (tertiary alicyclic amines) is 1. The lowest BCUT2D eigenvalue weighted by Crippen LogP contribution is -2.55. The lowest BCUT2D eigenvalue weighted by atomic mass is 9.93. The Balaban J connectivity index is 1.93. The number of nitrogens with one attached hydrogen (secondary N) is 1. The van der Waals surface area contributed by atoms with Gasteiger partial charge >= 0.3 is 12.0 Å². The third-order valence-electron chi connectivity index (χ3n) is 4.98. The molecule has 2 amide bonds. The minimum absolute atomic E-state index is 0.0278. The number of nitrogens with zero attached hydrogens (tertiary/aromatic N) is 2. The van der Waals surface area contributed by atoms with E-state index in [0.29, 0.717) is 0 Å². The maximum Gasteiger partial charge on any atom is 0.317 e. The van der Waals surface area contributed by atoms with Crippen LogP contribution in [0.3, 0.4) is 0 Å². The van der Waals surface area contributed by atoms with Crippen molar-refractivity contribution in [3.63, 3.8) is 0 Å². The molecule has 0 atom stereocenters. The first kappa shape index (κ1) is 16.1. The highest BCUT2D eigenvalue weighted by Gasteiger charge is 2.38. The van der Waals surface area contributed by atoms with Gasteiger partial charge in [0.05, 0.1) is 12.0 Å². The highest BCUT2D eigenvalue weighted by atomic mass is 16.4. The van der Waals surface area contributed by atoms with E-state index in [1.165, 1.54) is 0 Å². The van der Waals surface area contributed by atoms with Crippen LogP contribution in [0, 0.1) is 0 Å². The molecule has 21 heavy (non-hydrogen) atoms. The largest absolute Gasteiger partial charge is 0.481 e. The third kappa shape index (κ3) is 4.09. The second kappa shape index (κ2) is 6.64. The van der Waals surface area contributed by atoms with Crippen LogP contribution in [0.4, 0.5) is 4.79 Å². The zero-order valence-corrected chi connectivity index (χ0v) is 13.1. The van der Waals surface area contributed by atoms with Gasteiger partial charge in [-0.2, -0.15) is 0 Å². The number of aliphatic carboxylic acids is 1. The number of carboxylic acid groups (broad SMARTS) is 1. The summed E-state index contributed by atoms with van der Waals surface area (Å²) in [5.74, 6) is -0.834. The average Bonchev–Trinajstić information content (AvgIpc) is 2.86. The van der Waals surface area contributed by atoms with Crippen molar-refractivity contribution in [1.82, 2.24) is 15.1 Å². The molecule has 0 aromatic heterocycles. The molecule has 6 nitrogen and oxygen atoms in total. The summed E-state index contributed by atoms with van der Waals surface area (Å²) in [5, 5.41) is 12.1. The molecule has 2 N–H and O–H groups in total. The zero-order valence-electron chi connectivity index (χ0n) is 13.1. The van der Waals surface area contributed by atoms with Crippen LogP contribution in [0.1, 0.15) is 44.9 Å². The molecule has 6 heteroatoms. The predicted octanol–water partition coefficient (Wildman–Crippen LogP) is 1.51. The third-order valence-corrected chi connectivity index (χ3v) is 4.98. The molecule has 1 saturated heterocycles. The number of carbonyl (C=O) groups excluding carboxylic acids is 1. The van der Waals surface area contributed by atoms with E-state index in [4.69, 9.17) is 5.11 Å². The highest BCUT2D eigenvalue weighted by molar-refractivity contribution is 5.77. The van der Waals surface area contributed by atoms with Gasteiger partial charge in [-0.05, 0) is 45.8 Å². The molecule has 1 heterocycles. The van der Waals surface area contributed by atoms with Gasteiger partial charge in [0, 0.05) is 13.1 Å². The topological polar surface area (TPSA) is 72.9 Å². The fraction of sp³-hybridized carbons (Fsp3) is 0.867. The molecule has 0 aromatic carbocycles. The van der Waals surface area contributed by atoms with Crippen molar-refractivity contribution >= 4 is 12.0 Å².